The van der Waals surface area contributed by atoms with Gasteiger partial charge in [-0.3, -0.25) is 4.79 Å². The molecule has 0 spiro atoms. The Morgan fingerprint density at radius 1 is 1.22 bits per heavy atom. The SMILES string of the molecule is Cc1nc(-c2nnn(C)c2CNc2noc(CCC3CCC3)n2)ccc1OC1CCC(CC(=O)O)C1. The first kappa shape index (κ1) is 24.2. The van der Waals surface area contributed by atoms with E-state index in [1.54, 1.807) is 4.68 Å². The lowest BCUT2D eigenvalue weighted by molar-refractivity contribution is -0.138. The molecule has 3 heterocycles. The van der Waals surface area contributed by atoms with E-state index in [0.717, 1.165) is 49.4 Å². The minimum Gasteiger partial charge on any atom is -0.489 e. The maximum absolute atomic E-state index is 11.0. The normalized spacial score (nSPS) is 19.8. The fourth-order valence-electron chi connectivity index (χ4n) is 5.03. The summed E-state index contributed by atoms with van der Waals surface area (Å²) in [7, 11) is 1.84. The van der Waals surface area contributed by atoms with Crippen molar-refractivity contribution >= 4 is 11.9 Å². The van der Waals surface area contributed by atoms with Gasteiger partial charge in [0.25, 0.3) is 5.95 Å². The second-order valence-electron chi connectivity index (χ2n) is 10.0. The standard InChI is InChI=1S/C25H33N7O4/c1-15-21(35-18-8-6-17(12-18)13-23(33)34)10-9-19(27-15)24-20(32(2)31-29-24)14-26-25-28-22(36-30-25)11-7-16-4-3-5-16/h9-10,16-18H,3-8,11-14H2,1-2H3,(H,26,30)(H,33,34). The molecule has 2 atom stereocenters. The number of pyridine rings is 1. The quantitative estimate of drug-likeness (QED) is 0.402. The molecule has 3 aromatic heterocycles. The number of aromatic nitrogens is 6. The summed E-state index contributed by atoms with van der Waals surface area (Å²) in [5, 5.41) is 24.8. The van der Waals surface area contributed by atoms with Gasteiger partial charge < -0.3 is 19.7 Å². The first-order valence-corrected chi connectivity index (χ1v) is 12.8. The number of anilines is 1. The van der Waals surface area contributed by atoms with Gasteiger partial charge >= 0.3 is 5.97 Å². The van der Waals surface area contributed by atoms with Crippen molar-refractivity contribution in [1.82, 2.24) is 30.1 Å². The van der Waals surface area contributed by atoms with Crippen LogP contribution < -0.4 is 10.1 Å². The number of nitrogens with zero attached hydrogens (tertiary/aromatic N) is 6. The Morgan fingerprint density at radius 2 is 2.08 bits per heavy atom. The van der Waals surface area contributed by atoms with Crippen LogP contribution in [-0.2, 0) is 24.8 Å². The van der Waals surface area contributed by atoms with Gasteiger partial charge in [-0.05, 0) is 61.7 Å². The van der Waals surface area contributed by atoms with Crippen molar-refractivity contribution in [3.63, 3.8) is 0 Å². The first-order valence-electron chi connectivity index (χ1n) is 12.8. The summed E-state index contributed by atoms with van der Waals surface area (Å²) in [4.78, 5) is 20.2. The van der Waals surface area contributed by atoms with Gasteiger partial charge in [0.2, 0.25) is 5.89 Å². The van der Waals surface area contributed by atoms with Gasteiger partial charge in [0.1, 0.15) is 11.4 Å². The van der Waals surface area contributed by atoms with Crippen molar-refractivity contribution in [2.45, 2.75) is 77.4 Å². The fraction of sp³-hybridized carbons (Fsp3) is 0.600. The minimum absolute atomic E-state index is 0.0190. The number of aliphatic carboxylic acids is 1. The molecule has 192 valence electrons. The highest BCUT2D eigenvalue weighted by Gasteiger charge is 2.28. The number of hydrogen-bond donors (Lipinski definition) is 2. The zero-order chi connectivity index (χ0) is 25.1. The highest BCUT2D eigenvalue weighted by Crippen LogP contribution is 2.33. The van der Waals surface area contributed by atoms with Gasteiger partial charge in [-0.15, -0.1) is 5.10 Å². The van der Waals surface area contributed by atoms with Crippen LogP contribution in [0.4, 0.5) is 5.95 Å². The number of ether oxygens (including phenoxy) is 1. The number of carboxylic acid groups (broad SMARTS) is 1. The molecule has 2 N–H and O–H groups in total. The number of nitrogens with one attached hydrogen (secondary N) is 1. The Balaban J connectivity index is 1.20. The van der Waals surface area contributed by atoms with E-state index >= 15 is 0 Å². The highest BCUT2D eigenvalue weighted by molar-refractivity contribution is 5.67. The number of carboxylic acids is 1. The predicted octanol–water partition coefficient (Wildman–Crippen LogP) is 3.94. The molecule has 2 saturated carbocycles. The van der Waals surface area contributed by atoms with Crippen molar-refractivity contribution in [2.75, 3.05) is 5.32 Å². The average Bonchev–Trinajstić information content (AvgIpc) is 3.53. The average molecular weight is 496 g/mol. The monoisotopic (exact) mass is 495 g/mol. The summed E-state index contributed by atoms with van der Waals surface area (Å²) < 4.78 is 13.3. The second kappa shape index (κ2) is 10.6. The van der Waals surface area contributed by atoms with Crippen molar-refractivity contribution in [1.29, 1.82) is 0 Å². The van der Waals surface area contributed by atoms with Crippen LogP contribution in [0.3, 0.4) is 0 Å². The molecule has 2 unspecified atom stereocenters. The van der Waals surface area contributed by atoms with E-state index in [4.69, 9.17) is 19.4 Å². The van der Waals surface area contributed by atoms with Crippen LogP contribution in [0.2, 0.25) is 0 Å². The van der Waals surface area contributed by atoms with Crippen LogP contribution in [0.15, 0.2) is 16.7 Å². The third-order valence-electron chi connectivity index (χ3n) is 7.35. The number of hydrogen-bond acceptors (Lipinski definition) is 9. The fourth-order valence-corrected chi connectivity index (χ4v) is 5.03. The van der Waals surface area contributed by atoms with E-state index in [9.17, 15) is 4.79 Å². The minimum atomic E-state index is -0.749. The molecule has 3 aromatic rings. The van der Waals surface area contributed by atoms with Crippen molar-refractivity contribution in [3.8, 4) is 17.1 Å². The topological polar surface area (TPSA) is 141 Å². The van der Waals surface area contributed by atoms with Crippen LogP contribution in [0.1, 0.15) is 68.6 Å². The van der Waals surface area contributed by atoms with E-state index < -0.39 is 5.97 Å². The smallest absolute Gasteiger partial charge is 0.303 e. The van der Waals surface area contributed by atoms with Crippen molar-refractivity contribution < 1.29 is 19.2 Å². The molecule has 2 aliphatic carbocycles. The Kier molecular flexibility index (Phi) is 7.15. The molecule has 11 heteroatoms. The molecule has 0 aromatic carbocycles. The van der Waals surface area contributed by atoms with Crippen LogP contribution >= 0.6 is 0 Å². The molecule has 0 aliphatic heterocycles. The molecular formula is C25H33N7O4. The Bertz CT molecular complexity index is 1200. The molecule has 11 nitrogen and oxygen atoms in total. The van der Waals surface area contributed by atoms with Gasteiger partial charge in [0.15, 0.2) is 0 Å². The third kappa shape index (κ3) is 5.66. The lowest BCUT2D eigenvalue weighted by Crippen LogP contribution is -2.14. The van der Waals surface area contributed by atoms with Crippen LogP contribution in [0.5, 0.6) is 5.75 Å². The predicted molar refractivity (Wildman–Crippen MR) is 130 cm³/mol. The van der Waals surface area contributed by atoms with E-state index in [1.807, 2.05) is 26.1 Å². The van der Waals surface area contributed by atoms with Crippen molar-refractivity contribution in [2.24, 2.45) is 18.9 Å². The van der Waals surface area contributed by atoms with E-state index in [0.29, 0.717) is 35.5 Å². The van der Waals surface area contributed by atoms with Gasteiger partial charge in [-0.25, -0.2) is 9.67 Å². The first-order chi connectivity index (χ1) is 17.4. The zero-order valence-electron chi connectivity index (χ0n) is 20.8. The largest absolute Gasteiger partial charge is 0.489 e. The lowest BCUT2D eigenvalue weighted by Gasteiger charge is -2.24. The van der Waals surface area contributed by atoms with Crippen LogP contribution in [0, 0.1) is 18.8 Å². The van der Waals surface area contributed by atoms with Crippen LogP contribution in [0.25, 0.3) is 11.4 Å². The second-order valence-corrected chi connectivity index (χ2v) is 10.0. The zero-order valence-corrected chi connectivity index (χ0v) is 20.8. The molecule has 5 rings (SSSR count). The maximum atomic E-state index is 11.0. The Hall–Kier alpha value is -3.50. The Labute approximate surface area is 209 Å². The molecule has 0 amide bonds. The molecule has 2 aliphatic rings. The summed E-state index contributed by atoms with van der Waals surface area (Å²) in [5.74, 6) is 2.06. The van der Waals surface area contributed by atoms with E-state index in [1.165, 1.54) is 19.3 Å². The molecule has 0 saturated heterocycles. The van der Waals surface area contributed by atoms with Gasteiger partial charge in [0, 0.05) is 19.9 Å². The summed E-state index contributed by atoms with van der Waals surface area (Å²) in [6, 6.07) is 3.79. The van der Waals surface area contributed by atoms with E-state index in [-0.39, 0.29) is 18.4 Å². The van der Waals surface area contributed by atoms with Crippen molar-refractivity contribution in [3.05, 3.63) is 29.4 Å². The molecule has 2 fully saturated rings. The lowest BCUT2D eigenvalue weighted by atomic mass is 9.82. The summed E-state index contributed by atoms with van der Waals surface area (Å²) in [5.41, 5.74) is 2.99. The summed E-state index contributed by atoms with van der Waals surface area (Å²) in [6.07, 6.45) is 8.58. The summed E-state index contributed by atoms with van der Waals surface area (Å²) >= 11 is 0. The van der Waals surface area contributed by atoms with Gasteiger partial charge in [-0.1, -0.05) is 24.5 Å². The van der Waals surface area contributed by atoms with Gasteiger partial charge in [0.05, 0.1) is 29.7 Å². The molecule has 0 radical (unpaired) electrons. The number of rotatable bonds is 11. The van der Waals surface area contributed by atoms with Crippen LogP contribution in [-0.4, -0.2) is 47.3 Å². The summed E-state index contributed by atoms with van der Waals surface area (Å²) in [6.45, 7) is 2.33. The molecule has 0 bridgehead atoms. The van der Waals surface area contributed by atoms with Gasteiger partial charge in [-0.2, -0.15) is 4.98 Å². The third-order valence-corrected chi connectivity index (χ3v) is 7.35. The highest BCUT2D eigenvalue weighted by atomic mass is 16.5. The number of aryl methyl sites for hydroxylation is 3. The maximum Gasteiger partial charge on any atom is 0.303 e. The van der Waals surface area contributed by atoms with E-state index in [2.05, 4.69) is 25.8 Å². The number of carbonyl (C=O) groups is 1. The molecule has 36 heavy (non-hydrogen) atoms. The molecular weight excluding hydrogens is 462 g/mol. The Morgan fingerprint density at radius 3 is 2.83 bits per heavy atom.